The van der Waals surface area contributed by atoms with E-state index in [9.17, 15) is 23.5 Å². The summed E-state index contributed by atoms with van der Waals surface area (Å²) in [5.74, 6) is -3.84. The molecule has 238 valence electrons. The Balaban J connectivity index is 0.000000185. The number of nitrogens with zero attached hydrogens (tertiary/aromatic N) is 6. The number of rotatable bonds is 6. The van der Waals surface area contributed by atoms with E-state index in [1.807, 2.05) is 0 Å². The van der Waals surface area contributed by atoms with Crippen LogP contribution < -0.4 is 9.47 Å². The number of methoxy groups -OCH3 is 3. The van der Waals surface area contributed by atoms with Gasteiger partial charge in [0.25, 0.3) is 0 Å². The molecular formula is C31H20Cl2F2N6O6. The molecule has 16 heteroatoms. The van der Waals surface area contributed by atoms with Crippen molar-refractivity contribution in [2.24, 2.45) is 0 Å². The first kappa shape index (κ1) is 32.8. The predicted molar refractivity (Wildman–Crippen MR) is 167 cm³/mol. The lowest BCUT2D eigenvalue weighted by molar-refractivity contribution is 0.0595. The SMILES string of the molecule is COC(=O)c1nc(-c2ccc(Cl)c(OC)c2F)nc2ncccc12.COc1c(Cl)ccc(-c2nc(C(=O)O)c3cccnc3n2)c1F. The maximum absolute atomic E-state index is 14.6. The Morgan fingerprint density at radius 3 is 1.55 bits per heavy atom. The number of carboxylic acid groups (broad SMARTS) is 1. The van der Waals surface area contributed by atoms with Crippen LogP contribution in [0.15, 0.2) is 60.9 Å². The molecule has 1 N–H and O–H groups in total. The monoisotopic (exact) mass is 680 g/mol. The zero-order valence-corrected chi connectivity index (χ0v) is 26.0. The Bertz CT molecular complexity index is 2190. The van der Waals surface area contributed by atoms with Crippen LogP contribution in [0.5, 0.6) is 11.5 Å². The molecule has 47 heavy (non-hydrogen) atoms. The zero-order chi connectivity index (χ0) is 33.8. The molecule has 0 saturated heterocycles. The first-order valence-corrected chi connectivity index (χ1v) is 14.0. The first-order valence-electron chi connectivity index (χ1n) is 13.2. The number of carbonyl (C=O) groups excluding carboxylic acids is 1. The number of halogens is 4. The molecule has 0 aliphatic carbocycles. The molecule has 12 nitrogen and oxygen atoms in total. The minimum absolute atomic E-state index is 0.00100. The van der Waals surface area contributed by atoms with Crippen LogP contribution >= 0.6 is 23.2 Å². The van der Waals surface area contributed by atoms with Gasteiger partial charge in [0, 0.05) is 12.4 Å². The van der Waals surface area contributed by atoms with Crippen molar-refractivity contribution in [3.8, 4) is 34.3 Å². The third-order valence-corrected chi connectivity index (χ3v) is 7.11. The molecule has 0 aliphatic heterocycles. The fraction of sp³-hybridized carbons (Fsp3) is 0.0968. The van der Waals surface area contributed by atoms with E-state index in [1.54, 1.807) is 18.2 Å². The van der Waals surface area contributed by atoms with Crippen molar-refractivity contribution < 1.29 is 37.7 Å². The number of ether oxygens (including phenoxy) is 3. The highest BCUT2D eigenvalue weighted by Gasteiger charge is 2.22. The van der Waals surface area contributed by atoms with Gasteiger partial charge in [0.2, 0.25) is 0 Å². The zero-order valence-electron chi connectivity index (χ0n) is 24.5. The summed E-state index contributed by atoms with van der Waals surface area (Å²) in [4.78, 5) is 47.9. The van der Waals surface area contributed by atoms with Crippen molar-refractivity contribution in [3.05, 3.63) is 94.0 Å². The van der Waals surface area contributed by atoms with Gasteiger partial charge in [-0.25, -0.2) is 48.3 Å². The molecule has 0 aliphatic rings. The van der Waals surface area contributed by atoms with Gasteiger partial charge in [0.05, 0.1) is 53.3 Å². The van der Waals surface area contributed by atoms with Gasteiger partial charge in [-0.2, -0.15) is 0 Å². The number of benzene rings is 2. The molecule has 6 aromatic rings. The molecule has 2 aromatic carbocycles. The number of aromatic nitrogens is 6. The number of carbonyl (C=O) groups is 2. The van der Waals surface area contributed by atoms with E-state index < -0.39 is 23.6 Å². The lowest BCUT2D eigenvalue weighted by Gasteiger charge is -2.10. The van der Waals surface area contributed by atoms with Crippen LogP contribution in [0.3, 0.4) is 0 Å². The molecule has 0 unspecified atom stereocenters. The second-order valence-electron chi connectivity index (χ2n) is 9.22. The summed E-state index contributed by atoms with van der Waals surface area (Å²) < 4.78 is 43.7. The van der Waals surface area contributed by atoms with Gasteiger partial charge >= 0.3 is 11.9 Å². The van der Waals surface area contributed by atoms with Gasteiger partial charge in [-0.1, -0.05) is 23.2 Å². The van der Waals surface area contributed by atoms with E-state index in [2.05, 4.69) is 29.9 Å². The summed E-state index contributed by atoms with van der Waals surface area (Å²) in [6, 6.07) is 12.0. The summed E-state index contributed by atoms with van der Waals surface area (Å²) in [6.45, 7) is 0. The fourth-order valence-corrected chi connectivity index (χ4v) is 4.81. The number of hydrogen-bond donors (Lipinski definition) is 1. The number of pyridine rings is 2. The Morgan fingerprint density at radius 2 is 1.13 bits per heavy atom. The van der Waals surface area contributed by atoms with Crippen molar-refractivity contribution >= 4 is 57.2 Å². The van der Waals surface area contributed by atoms with Crippen molar-refractivity contribution in [2.45, 2.75) is 0 Å². The van der Waals surface area contributed by atoms with Crippen molar-refractivity contribution in [1.82, 2.24) is 29.9 Å². The molecule has 0 bridgehead atoms. The average Bonchev–Trinajstić information content (AvgIpc) is 3.07. The van der Waals surface area contributed by atoms with Gasteiger partial charge < -0.3 is 19.3 Å². The normalized spacial score (nSPS) is 10.7. The Labute approximate surface area is 274 Å². The average molecular weight is 681 g/mol. The summed E-state index contributed by atoms with van der Waals surface area (Å²) in [5, 5.41) is 10.2. The van der Waals surface area contributed by atoms with E-state index in [4.69, 9.17) is 37.4 Å². The molecule has 0 radical (unpaired) electrons. The minimum Gasteiger partial charge on any atom is -0.492 e. The molecule has 6 rings (SSSR count). The molecule has 0 amide bonds. The molecule has 4 aromatic heterocycles. The lowest BCUT2D eigenvalue weighted by Crippen LogP contribution is -2.08. The quantitative estimate of drug-likeness (QED) is 0.191. The second kappa shape index (κ2) is 13.8. The van der Waals surface area contributed by atoms with Crippen molar-refractivity contribution in [3.63, 3.8) is 0 Å². The predicted octanol–water partition coefficient (Wildman–Crippen LogP) is 6.47. The Kier molecular flexibility index (Phi) is 9.63. The lowest BCUT2D eigenvalue weighted by atomic mass is 10.1. The maximum Gasteiger partial charge on any atom is 0.357 e. The van der Waals surface area contributed by atoms with Gasteiger partial charge in [-0.3, -0.25) is 0 Å². The Hall–Kier alpha value is -5.60. The van der Waals surface area contributed by atoms with E-state index in [0.29, 0.717) is 5.39 Å². The van der Waals surface area contributed by atoms with Crippen LogP contribution in [-0.2, 0) is 4.74 Å². The number of aromatic carboxylic acids is 1. The smallest absolute Gasteiger partial charge is 0.357 e. The second-order valence-corrected chi connectivity index (χ2v) is 10.0. The molecule has 0 fully saturated rings. The summed E-state index contributed by atoms with van der Waals surface area (Å²) in [6.07, 6.45) is 2.97. The van der Waals surface area contributed by atoms with E-state index >= 15 is 0 Å². The molecule has 0 spiro atoms. The summed E-state index contributed by atoms with van der Waals surface area (Å²) >= 11 is 11.7. The van der Waals surface area contributed by atoms with Crippen LogP contribution in [0.2, 0.25) is 10.0 Å². The van der Waals surface area contributed by atoms with Crippen LogP contribution in [0.4, 0.5) is 8.78 Å². The van der Waals surface area contributed by atoms with Crippen molar-refractivity contribution in [2.75, 3.05) is 21.3 Å². The van der Waals surface area contributed by atoms with Gasteiger partial charge in [0.15, 0.2) is 57.5 Å². The molecule has 0 saturated carbocycles. The van der Waals surface area contributed by atoms with Gasteiger partial charge in [-0.15, -0.1) is 0 Å². The largest absolute Gasteiger partial charge is 0.492 e. The number of fused-ring (bicyclic) bond motifs is 2. The number of hydrogen-bond acceptors (Lipinski definition) is 11. The highest BCUT2D eigenvalue weighted by Crippen LogP contribution is 2.35. The van der Waals surface area contributed by atoms with Crippen LogP contribution in [-0.4, -0.2) is 68.3 Å². The standard InChI is InChI=1S/C16H11ClFN3O3.C15H9ClFN3O3/c1-23-13-10(17)6-5-8(11(13)18)15-20-12(16(22)24-2)9-4-3-7-19-14(9)21-15;1-23-12-9(16)5-4-7(10(12)17)14-19-11(15(21)22)8-3-2-6-18-13(8)20-14/h3-7H,1-2H3;2-6H,1H3,(H,21,22). The van der Waals surface area contributed by atoms with Gasteiger partial charge in [0.1, 0.15) is 0 Å². The third-order valence-electron chi connectivity index (χ3n) is 6.51. The molecular weight excluding hydrogens is 661 g/mol. The molecule has 4 heterocycles. The van der Waals surface area contributed by atoms with E-state index in [0.717, 1.165) is 0 Å². The highest BCUT2D eigenvalue weighted by atomic mass is 35.5. The van der Waals surface area contributed by atoms with E-state index in [-0.39, 0.29) is 72.4 Å². The number of carboxylic acids is 1. The van der Waals surface area contributed by atoms with Crippen LogP contribution in [0, 0.1) is 11.6 Å². The van der Waals surface area contributed by atoms with Crippen LogP contribution in [0.1, 0.15) is 21.0 Å². The molecule has 0 atom stereocenters. The fourth-order valence-electron chi connectivity index (χ4n) is 4.37. The van der Waals surface area contributed by atoms with Gasteiger partial charge in [-0.05, 0) is 48.5 Å². The first-order chi connectivity index (χ1) is 22.6. The minimum atomic E-state index is -1.26. The highest BCUT2D eigenvalue weighted by molar-refractivity contribution is 6.32. The topological polar surface area (TPSA) is 159 Å². The van der Waals surface area contributed by atoms with Crippen molar-refractivity contribution in [1.29, 1.82) is 0 Å². The third kappa shape index (κ3) is 6.41. The maximum atomic E-state index is 14.6. The van der Waals surface area contributed by atoms with Crippen LogP contribution in [0.25, 0.3) is 44.8 Å². The number of esters is 1. The summed E-state index contributed by atoms with van der Waals surface area (Å²) in [7, 11) is 3.81. The Morgan fingerprint density at radius 1 is 0.681 bits per heavy atom. The van der Waals surface area contributed by atoms with E-state index in [1.165, 1.54) is 64.1 Å². The summed E-state index contributed by atoms with van der Waals surface area (Å²) in [5.41, 5.74) is 0.153.